The Kier molecular flexibility index (Phi) is 3.24. The molecule has 2 rings (SSSR count). The molecule has 1 aliphatic carbocycles. The van der Waals surface area contributed by atoms with Crippen molar-refractivity contribution in [2.75, 3.05) is 6.61 Å². The van der Waals surface area contributed by atoms with Gasteiger partial charge in [0.15, 0.2) is 0 Å². The average molecular weight is 244 g/mol. The first kappa shape index (κ1) is 11.3. The molecule has 15 heavy (non-hydrogen) atoms. The monoisotopic (exact) mass is 243 g/mol. The van der Waals surface area contributed by atoms with E-state index in [-0.39, 0.29) is 6.10 Å². The molecule has 0 heterocycles. The normalized spacial score (nSPS) is 29.1. The molecule has 1 aliphatic rings. The molecule has 0 aliphatic heterocycles. The van der Waals surface area contributed by atoms with Gasteiger partial charge in [0.05, 0.1) is 11.0 Å². The molecule has 1 radical (unpaired) electrons. The smallest absolute Gasteiger partial charge is 0.0996 e. The third kappa shape index (κ3) is 2.15. The van der Waals surface area contributed by atoms with Crippen LogP contribution in [-0.2, 0) is 9.61 Å². The molecule has 1 aromatic rings. The Hall–Kier alpha value is -0.240. The molecule has 1 saturated carbocycles. The zero-order valence-electron chi connectivity index (χ0n) is 8.38. The molecule has 0 bridgehead atoms. The molecule has 1 fully saturated rings. The third-order valence-electron chi connectivity index (χ3n) is 2.62. The number of hydrogen-bond acceptors (Lipinski definition) is 1. The van der Waals surface area contributed by atoms with Gasteiger partial charge < -0.3 is 4.74 Å². The van der Waals surface area contributed by atoms with Crippen molar-refractivity contribution in [3.8, 4) is 0 Å². The van der Waals surface area contributed by atoms with E-state index in [0.29, 0.717) is 11.6 Å². The lowest BCUT2D eigenvalue weighted by Gasteiger charge is -2.11. The van der Waals surface area contributed by atoms with Crippen molar-refractivity contribution >= 4 is 23.2 Å². The van der Waals surface area contributed by atoms with Crippen molar-refractivity contribution in [1.29, 1.82) is 0 Å². The predicted molar refractivity (Wildman–Crippen MR) is 63.3 cm³/mol. The van der Waals surface area contributed by atoms with Gasteiger partial charge >= 0.3 is 0 Å². The molecule has 2 atom stereocenters. The molecule has 0 aromatic heterocycles. The summed E-state index contributed by atoms with van der Waals surface area (Å²) in [5.41, 5.74) is 0.974. The van der Waals surface area contributed by atoms with Crippen molar-refractivity contribution in [2.24, 2.45) is 0 Å². The fourth-order valence-corrected chi connectivity index (χ4v) is 2.43. The maximum Gasteiger partial charge on any atom is 0.0996 e. The average Bonchev–Trinajstić information content (AvgIpc) is 2.88. The van der Waals surface area contributed by atoms with Gasteiger partial charge in [-0.05, 0) is 18.1 Å². The van der Waals surface area contributed by atoms with Gasteiger partial charge in [0.1, 0.15) is 0 Å². The summed E-state index contributed by atoms with van der Waals surface area (Å²) in [6.07, 6.45) is 1.69. The summed E-state index contributed by atoms with van der Waals surface area (Å²) in [4.78, 5) is -0.409. The Morgan fingerprint density at radius 3 is 2.87 bits per heavy atom. The summed E-state index contributed by atoms with van der Waals surface area (Å²) in [5, 5.41) is 0.716. The van der Waals surface area contributed by atoms with Crippen LogP contribution in [0.2, 0.25) is 5.02 Å². The Labute approximate surface area is 100 Å². The highest BCUT2D eigenvalue weighted by molar-refractivity contribution is 6.34. The highest BCUT2D eigenvalue weighted by Gasteiger charge is 2.56. The predicted octanol–water partition coefficient (Wildman–Crippen LogP) is 3.79. The second-order valence-corrected chi connectivity index (χ2v) is 4.84. The lowest BCUT2D eigenvalue weighted by Crippen LogP contribution is -2.08. The maximum atomic E-state index is 6.45. The van der Waals surface area contributed by atoms with E-state index in [0.717, 1.165) is 18.4 Å². The lowest BCUT2D eigenvalue weighted by atomic mass is 10.1. The molecular formula is C12H13Cl2O. The summed E-state index contributed by atoms with van der Waals surface area (Å²) < 4.78 is 5.57. The molecule has 2 unspecified atom stereocenters. The van der Waals surface area contributed by atoms with Gasteiger partial charge in [-0.1, -0.05) is 36.7 Å². The summed E-state index contributed by atoms with van der Waals surface area (Å²) in [5.74, 6) is 0. The Balaban J connectivity index is 2.10. The van der Waals surface area contributed by atoms with E-state index >= 15 is 0 Å². The van der Waals surface area contributed by atoms with Crippen LogP contribution >= 0.6 is 23.2 Å². The quantitative estimate of drug-likeness (QED) is 0.732. The minimum atomic E-state index is -0.409. The molecular weight excluding hydrogens is 231 g/mol. The van der Waals surface area contributed by atoms with Crippen molar-refractivity contribution in [3.63, 3.8) is 0 Å². The highest BCUT2D eigenvalue weighted by Crippen LogP contribution is 2.55. The van der Waals surface area contributed by atoms with Crippen LogP contribution in [-0.4, -0.2) is 12.7 Å². The molecule has 0 N–H and O–H groups in total. The van der Waals surface area contributed by atoms with E-state index in [9.17, 15) is 0 Å². The van der Waals surface area contributed by atoms with Crippen molar-refractivity contribution in [3.05, 3.63) is 41.8 Å². The highest BCUT2D eigenvalue weighted by atomic mass is 35.5. The van der Waals surface area contributed by atoms with E-state index in [1.165, 1.54) is 0 Å². The maximum absolute atomic E-state index is 6.45. The van der Waals surface area contributed by atoms with Crippen LogP contribution in [0.3, 0.4) is 0 Å². The standard InChI is InChI=1S/C12H13Cl2O/c1-2-7-15-11-8-12(11,14)9-5-3-4-6-10(9)13/h3-6,11H,1-2,7-8H2. The first-order valence-corrected chi connectivity index (χ1v) is 5.79. The lowest BCUT2D eigenvalue weighted by molar-refractivity contribution is 0.116. The third-order valence-corrected chi connectivity index (χ3v) is 3.55. The number of halogens is 2. The van der Waals surface area contributed by atoms with Crippen LogP contribution in [0.4, 0.5) is 0 Å². The van der Waals surface area contributed by atoms with Gasteiger partial charge in [-0.3, -0.25) is 0 Å². The summed E-state index contributed by atoms with van der Waals surface area (Å²) in [6.45, 7) is 4.39. The second kappa shape index (κ2) is 4.32. The Morgan fingerprint density at radius 2 is 2.20 bits per heavy atom. The Bertz CT molecular complexity index is 353. The SMILES string of the molecule is [CH2]CCOC1CC1(Cl)c1ccccc1Cl. The van der Waals surface area contributed by atoms with Crippen LogP contribution in [0.5, 0.6) is 0 Å². The first-order chi connectivity index (χ1) is 7.18. The van der Waals surface area contributed by atoms with Gasteiger partial charge in [0.2, 0.25) is 0 Å². The van der Waals surface area contributed by atoms with Gasteiger partial charge in [-0.2, -0.15) is 0 Å². The molecule has 3 heteroatoms. The zero-order chi connectivity index (χ0) is 10.9. The number of rotatable bonds is 4. The summed E-state index contributed by atoms with van der Waals surface area (Å²) >= 11 is 12.5. The van der Waals surface area contributed by atoms with Crippen molar-refractivity contribution < 1.29 is 4.74 Å². The van der Waals surface area contributed by atoms with Crippen molar-refractivity contribution in [2.45, 2.75) is 23.8 Å². The second-order valence-electron chi connectivity index (χ2n) is 3.76. The first-order valence-electron chi connectivity index (χ1n) is 5.03. The van der Waals surface area contributed by atoms with Crippen molar-refractivity contribution in [1.82, 2.24) is 0 Å². The van der Waals surface area contributed by atoms with Gasteiger partial charge in [-0.25, -0.2) is 0 Å². The van der Waals surface area contributed by atoms with Gasteiger partial charge in [0, 0.05) is 18.1 Å². The largest absolute Gasteiger partial charge is 0.376 e. The van der Waals surface area contributed by atoms with E-state index in [1.54, 1.807) is 0 Å². The van der Waals surface area contributed by atoms with E-state index in [2.05, 4.69) is 6.92 Å². The fourth-order valence-electron chi connectivity index (χ4n) is 1.71. The summed E-state index contributed by atoms with van der Waals surface area (Å²) in [7, 11) is 0. The van der Waals surface area contributed by atoms with Gasteiger partial charge in [0.25, 0.3) is 0 Å². The molecule has 81 valence electrons. The fraction of sp³-hybridized carbons (Fsp3) is 0.417. The van der Waals surface area contributed by atoms with Crippen LogP contribution in [0.25, 0.3) is 0 Å². The van der Waals surface area contributed by atoms with Crippen LogP contribution in [0.1, 0.15) is 18.4 Å². The minimum absolute atomic E-state index is 0.0841. The van der Waals surface area contributed by atoms with E-state index in [1.807, 2.05) is 24.3 Å². The van der Waals surface area contributed by atoms with Crippen LogP contribution < -0.4 is 0 Å². The molecule has 0 spiro atoms. The van der Waals surface area contributed by atoms with E-state index < -0.39 is 4.87 Å². The molecule has 0 amide bonds. The number of ether oxygens (including phenoxy) is 1. The zero-order valence-corrected chi connectivity index (χ0v) is 9.89. The van der Waals surface area contributed by atoms with E-state index in [4.69, 9.17) is 27.9 Å². The minimum Gasteiger partial charge on any atom is -0.376 e. The molecule has 1 aromatic carbocycles. The van der Waals surface area contributed by atoms with Gasteiger partial charge in [-0.15, -0.1) is 11.6 Å². The number of hydrogen-bond donors (Lipinski definition) is 0. The van der Waals surface area contributed by atoms with Crippen LogP contribution in [0, 0.1) is 6.92 Å². The number of alkyl halides is 1. The topological polar surface area (TPSA) is 9.23 Å². The van der Waals surface area contributed by atoms with Crippen LogP contribution in [0.15, 0.2) is 24.3 Å². The molecule has 0 saturated heterocycles. The summed E-state index contributed by atoms with van der Waals surface area (Å²) in [6, 6.07) is 7.67. The Morgan fingerprint density at radius 1 is 1.47 bits per heavy atom. The molecule has 1 nitrogen and oxygen atoms in total. The number of benzene rings is 1.